The van der Waals surface area contributed by atoms with E-state index in [4.69, 9.17) is 4.74 Å². The maximum Gasteiger partial charge on any atom is 0.336 e. The standard InChI is InChI=1S/C8H12N6O3S/c1-3-5-9-4-6(10-5)18(15,16)14-7-11-8(17-2)13-12-7/h4H,3H2,1-2H3,(H,9,10)(H2,11,12,13,14). The normalized spacial score (nSPS) is 11.4. The lowest BCUT2D eigenvalue weighted by Crippen LogP contribution is -2.14. The van der Waals surface area contributed by atoms with Crippen molar-refractivity contribution in [3.63, 3.8) is 0 Å². The molecule has 0 aliphatic carbocycles. The highest BCUT2D eigenvalue weighted by atomic mass is 32.2. The second-order valence-electron chi connectivity index (χ2n) is 3.32. The minimum Gasteiger partial charge on any atom is -0.466 e. The first-order valence-corrected chi connectivity index (χ1v) is 6.56. The largest absolute Gasteiger partial charge is 0.466 e. The Morgan fingerprint density at radius 2 is 2.28 bits per heavy atom. The topological polar surface area (TPSA) is 126 Å². The summed E-state index contributed by atoms with van der Waals surface area (Å²) in [5, 5.41) is 5.98. The van der Waals surface area contributed by atoms with Crippen LogP contribution in [0.1, 0.15) is 12.7 Å². The zero-order valence-corrected chi connectivity index (χ0v) is 10.6. The smallest absolute Gasteiger partial charge is 0.336 e. The van der Waals surface area contributed by atoms with Crippen LogP contribution in [0.4, 0.5) is 5.95 Å². The Balaban J connectivity index is 2.21. The quantitative estimate of drug-likeness (QED) is 0.697. The van der Waals surface area contributed by atoms with Gasteiger partial charge in [0.1, 0.15) is 5.82 Å². The van der Waals surface area contributed by atoms with Crippen LogP contribution >= 0.6 is 0 Å². The van der Waals surface area contributed by atoms with E-state index < -0.39 is 10.0 Å². The lowest BCUT2D eigenvalue weighted by molar-refractivity contribution is 0.382. The first kappa shape index (κ1) is 12.4. The van der Waals surface area contributed by atoms with Crippen LogP contribution in [0.15, 0.2) is 11.2 Å². The molecule has 0 aromatic carbocycles. The van der Waals surface area contributed by atoms with Crippen molar-refractivity contribution in [2.45, 2.75) is 18.4 Å². The highest BCUT2D eigenvalue weighted by Gasteiger charge is 2.19. The lowest BCUT2D eigenvalue weighted by Gasteiger charge is -2.01. The third-order valence-corrected chi connectivity index (χ3v) is 3.36. The molecule has 0 radical (unpaired) electrons. The fourth-order valence-corrected chi connectivity index (χ4v) is 2.12. The number of aromatic nitrogens is 5. The summed E-state index contributed by atoms with van der Waals surface area (Å²) in [5.41, 5.74) is 0. The lowest BCUT2D eigenvalue weighted by atomic mass is 10.5. The average molecular weight is 272 g/mol. The third kappa shape index (κ3) is 2.42. The number of rotatable bonds is 5. The summed E-state index contributed by atoms with van der Waals surface area (Å²) in [5.74, 6) is 0.560. The molecule has 0 aliphatic rings. The number of methoxy groups -OCH3 is 1. The molecular weight excluding hydrogens is 260 g/mol. The number of ether oxygens (including phenoxy) is 1. The van der Waals surface area contributed by atoms with Crippen molar-refractivity contribution < 1.29 is 13.2 Å². The number of anilines is 1. The molecule has 0 amide bonds. The predicted octanol–water partition coefficient (Wildman–Crippen LogP) is -0.100. The van der Waals surface area contributed by atoms with Crippen LogP contribution < -0.4 is 9.46 Å². The number of aromatic amines is 2. The Hall–Kier alpha value is -2.10. The zero-order chi connectivity index (χ0) is 13.2. The van der Waals surface area contributed by atoms with E-state index in [0.717, 1.165) is 0 Å². The van der Waals surface area contributed by atoms with E-state index in [9.17, 15) is 8.42 Å². The summed E-state index contributed by atoms with van der Waals surface area (Å²) in [6, 6.07) is 0.0477. The summed E-state index contributed by atoms with van der Waals surface area (Å²) >= 11 is 0. The number of nitrogens with zero attached hydrogens (tertiary/aromatic N) is 3. The highest BCUT2D eigenvalue weighted by Crippen LogP contribution is 2.12. The monoisotopic (exact) mass is 272 g/mol. The molecule has 0 bridgehead atoms. The van der Waals surface area contributed by atoms with Crippen LogP contribution in [-0.4, -0.2) is 40.7 Å². The van der Waals surface area contributed by atoms with Gasteiger partial charge in [-0.15, -0.1) is 5.10 Å². The Kier molecular flexibility index (Phi) is 3.19. The summed E-state index contributed by atoms with van der Waals surface area (Å²) in [7, 11) is -2.38. The summed E-state index contributed by atoms with van der Waals surface area (Å²) in [6.07, 6.45) is 1.86. The minimum atomic E-state index is -3.75. The third-order valence-electron chi connectivity index (χ3n) is 2.11. The molecule has 2 rings (SSSR count). The molecular formula is C8H12N6O3S. The Labute approximate surface area is 103 Å². The molecule has 0 unspecified atom stereocenters. The number of hydrogen-bond acceptors (Lipinski definition) is 6. The molecule has 9 nitrogen and oxygen atoms in total. The van der Waals surface area contributed by atoms with Gasteiger partial charge in [0.15, 0.2) is 5.03 Å². The molecule has 18 heavy (non-hydrogen) atoms. The van der Waals surface area contributed by atoms with Gasteiger partial charge in [0.2, 0.25) is 5.95 Å². The van der Waals surface area contributed by atoms with E-state index in [2.05, 4.69) is 29.9 Å². The van der Waals surface area contributed by atoms with Crippen molar-refractivity contribution in [1.29, 1.82) is 0 Å². The zero-order valence-electron chi connectivity index (χ0n) is 9.76. The van der Waals surface area contributed by atoms with Crippen molar-refractivity contribution in [3.05, 3.63) is 12.0 Å². The molecule has 98 valence electrons. The van der Waals surface area contributed by atoms with Gasteiger partial charge in [0.05, 0.1) is 13.3 Å². The van der Waals surface area contributed by atoms with E-state index >= 15 is 0 Å². The fraction of sp³-hybridized carbons (Fsp3) is 0.375. The Bertz CT molecular complexity index is 631. The van der Waals surface area contributed by atoms with Gasteiger partial charge < -0.3 is 9.72 Å². The molecule has 10 heteroatoms. The number of imidazole rings is 1. The van der Waals surface area contributed by atoms with Gasteiger partial charge in [-0.05, 0) is 0 Å². The van der Waals surface area contributed by atoms with Crippen molar-refractivity contribution >= 4 is 16.0 Å². The van der Waals surface area contributed by atoms with Gasteiger partial charge in [-0.1, -0.05) is 6.92 Å². The van der Waals surface area contributed by atoms with Crippen LogP contribution in [-0.2, 0) is 16.4 Å². The molecule has 2 aromatic rings. The molecule has 3 N–H and O–H groups in total. The average Bonchev–Trinajstić information content (AvgIpc) is 2.96. The highest BCUT2D eigenvalue weighted by molar-refractivity contribution is 7.92. The molecule has 0 spiro atoms. The number of aryl methyl sites for hydroxylation is 1. The Morgan fingerprint density at radius 3 is 2.83 bits per heavy atom. The SMILES string of the molecule is CCc1ncc(S(=O)(=O)Nc2nc(OC)n[nH]2)[nH]1. The van der Waals surface area contributed by atoms with E-state index in [1.807, 2.05) is 6.92 Å². The maximum absolute atomic E-state index is 11.9. The van der Waals surface area contributed by atoms with Gasteiger partial charge in [-0.25, -0.2) is 14.8 Å². The van der Waals surface area contributed by atoms with Gasteiger partial charge in [-0.2, -0.15) is 13.4 Å². The van der Waals surface area contributed by atoms with Crippen molar-refractivity contribution in [2.24, 2.45) is 0 Å². The Morgan fingerprint density at radius 1 is 1.50 bits per heavy atom. The van der Waals surface area contributed by atoms with Crippen molar-refractivity contribution in [3.8, 4) is 6.01 Å². The van der Waals surface area contributed by atoms with Gasteiger partial charge in [0, 0.05) is 6.42 Å². The van der Waals surface area contributed by atoms with E-state index in [1.165, 1.54) is 13.3 Å². The van der Waals surface area contributed by atoms with Crippen molar-refractivity contribution in [1.82, 2.24) is 25.1 Å². The summed E-state index contributed by atoms with van der Waals surface area (Å²) < 4.78 is 30.8. The minimum absolute atomic E-state index is 0.0282. The number of H-pyrrole nitrogens is 2. The van der Waals surface area contributed by atoms with E-state index in [-0.39, 0.29) is 17.0 Å². The van der Waals surface area contributed by atoms with Gasteiger partial charge in [0.25, 0.3) is 10.0 Å². The van der Waals surface area contributed by atoms with Crippen LogP contribution in [0.2, 0.25) is 0 Å². The fourth-order valence-electron chi connectivity index (χ4n) is 1.23. The molecule has 0 atom stereocenters. The van der Waals surface area contributed by atoms with Crippen molar-refractivity contribution in [2.75, 3.05) is 11.8 Å². The number of sulfonamides is 1. The first-order chi connectivity index (χ1) is 8.55. The maximum atomic E-state index is 11.9. The van der Waals surface area contributed by atoms with Crippen LogP contribution in [0.5, 0.6) is 6.01 Å². The number of nitrogens with one attached hydrogen (secondary N) is 3. The van der Waals surface area contributed by atoms with Crippen LogP contribution in [0, 0.1) is 0 Å². The second-order valence-corrected chi connectivity index (χ2v) is 4.97. The summed E-state index contributed by atoms with van der Waals surface area (Å²) in [4.78, 5) is 10.4. The molecule has 2 heterocycles. The molecule has 0 aliphatic heterocycles. The van der Waals surface area contributed by atoms with Gasteiger partial charge >= 0.3 is 6.01 Å². The molecule has 0 fully saturated rings. The number of hydrogen-bond donors (Lipinski definition) is 3. The predicted molar refractivity (Wildman–Crippen MR) is 61.7 cm³/mol. The first-order valence-electron chi connectivity index (χ1n) is 5.08. The second kappa shape index (κ2) is 4.64. The molecule has 0 saturated heterocycles. The van der Waals surface area contributed by atoms with Gasteiger partial charge in [-0.3, -0.25) is 0 Å². The van der Waals surface area contributed by atoms with E-state index in [1.54, 1.807) is 0 Å². The molecule has 2 aromatic heterocycles. The summed E-state index contributed by atoms with van der Waals surface area (Å²) in [6.45, 7) is 1.87. The van der Waals surface area contributed by atoms with E-state index in [0.29, 0.717) is 12.2 Å². The van der Waals surface area contributed by atoms with Crippen LogP contribution in [0.25, 0.3) is 0 Å². The molecule has 0 saturated carbocycles. The van der Waals surface area contributed by atoms with Crippen LogP contribution in [0.3, 0.4) is 0 Å².